The summed E-state index contributed by atoms with van der Waals surface area (Å²) in [7, 11) is 0. The molecule has 1 aliphatic carbocycles. The van der Waals surface area contributed by atoms with Crippen LogP contribution >= 0.6 is 11.3 Å². The van der Waals surface area contributed by atoms with E-state index in [1.54, 1.807) is 0 Å². The number of amides is 1. The van der Waals surface area contributed by atoms with Crippen molar-refractivity contribution in [3.63, 3.8) is 0 Å². The highest BCUT2D eigenvalue weighted by Gasteiger charge is 2.14. The molecule has 0 radical (unpaired) electrons. The molecule has 1 fully saturated rings. The van der Waals surface area contributed by atoms with Gasteiger partial charge in [0, 0.05) is 5.71 Å². The van der Waals surface area contributed by atoms with Gasteiger partial charge in [-0.2, -0.15) is 5.10 Å². The van der Waals surface area contributed by atoms with Crippen molar-refractivity contribution in [2.24, 2.45) is 11.0 Å². The average molecular weight is 236 g/mol. The lowest BCUT2D eigenvalue weighted by molar-refractivity contribution is 0.0958. The first-order valence-electron chi connectivity index (χ1n) is 5.65. The molecule has 0 saturated heterocycles. The van der Waals surface area contributed by atoms with Crippen LogP contribution in [0.3, 0.4) is 0 Å². The summed E-state index contributed by atoms with van der Waals surface area (Å²) in [6.07, 6.45) is 4.51. The predicted molar refractivity (Wildman–Crippen MR) is 66.9 cm³/mol. The molecule has 86 valence electrons. The minimum atomic E-state index is -0.0965. The number of nitrogens with one attached hydrogen (secondary N) is 1. The molecule has 1 heterocycles. The molecular weight excluding hydrogens is 220 g/mol. The highest BCUT2D eigenvalue weighted by Crippen LogP contribution is 2.21. The van der Waals surface area contributed by atoms with E-state index in [0.29, 0.717) is 10.8 Å². The number of hydrogen-bond acceptors (Lipinski definition) is 3. The van der Waals surface area contributed by atoms with Gasteiger partial charge in [0.1, 0.15) is 0 Å². The molecule has 1 N–H and O–H groups in total. The van der Waals surface area contributed by atoms with Crippen molar-refractivity contribution in [1.29, 1.82) is 0 Å². The maximum atomic E-state index is 11.6. The van der Waals surface area contributed by atoms with Crippen molar-refractivity contribution in [2.75, 3.05) is 0 Å². The maximum Gasteiger partial charge on any atom is 0.281 e. The second kappa shape index (κ2) is 5.25. The molecule has 0 spiro atoms. The topological polar surface area (TPSA) is 41.5 Å². The molecule has 3 nitrogen and oxygen atoms in total. The quantitative estimate of drug-likeness (QED) is 0.788. The number of hydrogen-bond donors (Lipinski definition) is 1. The van der Waals surface area contributed by atoms with Crippen LogP contribution in [0.25, 0.3) is 0 Å². The van der Waals surface area contributed by atoms with E-state index in [1.165, 1.54) is 24.2 Å². The minimum absolute atomic E-state index is 0.0965. The third-order valence-electron chi connectivity index (χ3n) is 2.81. The fraction of sp³-hybridized carbons (Fsp3) is 0.500. The van der Waals surface area contributed by atoms with Gasteiger partial charge in [-0.15, -0.1) is 11.3 Å². The summed E-state index contributed by atoms with van der Waals surface area (Å²) in [5, 5.41) is 6.11. The van der Waals surface area contributed by atoms with Gasteiger partial charge in [-0.05, 0) is 43.0 Å². The molecule has 0 aromatic carbocycles. The largest absolute Gasteiger partial charge is 0.281 e. The lowest BCUT2D eigenvalue weighted by Crippen LogP contribution is -2.21. The third kappa shape index (κ3) is 2.92. The van der Waals surface area contributed by atoms with Crippen LogP contribution in [0.2, 0.25) is 0 Å². The summed E-state index contributed by atoms with van der Waals surface area (Å²) in [5.74, 6) is 0.604. The molecule has 2 rings (SSSR count). The number of rotatable bonds is 2. The Bertz CT molecular complexity index is 384. The number of nitrogens with zero attached hydrogens (tertiary/aromatic N) is 1. The second-order valence-corrected chi connectivity index (χ2v) is 5.25. The first-order valence-corrected chi connectivity index (χ1v) is 6.53. The van der Waals surface area contributed by atoms with Crippen molar-refractivity contribution in [3.05, 3.63) is 22.4 Å². The van der Waals surface area contributed by atoms with E-state index in [1.807, 2.05) is 17.5 Å². The fourth-order valence-electron chi connectivity index (χ4n) is 1.96. The molecular formula is C12H16N2OS. The number of hydrazone groups is 1. The Morgan fingerprint density at radius 2 is 2.50 bits per heavy atom. The van der Waals surface area contributed by atoms with Gasteiger partial charge in [0.15, 0.2) is 0 Å². The molecule has 1 atom stereocenters. The van der Waals surface area contributed by atoms with Crippen molar-refractivity contribution >= 4 is 23.0 Å². The van der Waals surface area contributed by atoms with Crippen LogP contribution in [0.1, 0.15) is 42.3 Å². The van der Waals surface area contributed by atoms with Gasteiger partial charge in [0.05, 0.1) is 4.88 Å². The standard InChI is InChI=1S/C12H16N2OS/c1-9-4-2-5-10(8-9)13-14-12(15)11-6-3-7-16-11/h3,6-7,9H,2,4-5,8H2,1H3,(H,14,15)/b13-10-. The van der Waals surface area contributed by atoms with Crippen LogP contribution in [-0.4, -0.2) is 11.6 Å². The average Bonchev–Trinajstić information content (AvgIpc) is 2.79. The highest BCUT2D eigenvalue weighted by atomic mass is 32.1. The molecule has 1 aromatic heterocycles. The Hall–Kier alpha value is -1.16. The van der Waals surface area contributed by atoms with Gasteiger partial charge >= 0.3 is 0 Å². The highest BCUT2D eigenvalue weighted by molar-refractivity contribution is 7.12. The zero-order valence-corrected chi connectivity index (χ0v) is 10.2. The predicted octanol–water partition coefficient (Wildman–Crippen LogP) is 3.04. The molecule has 0 aliphatic heterocycles. The monoisotopic (exact) mass is 236 g/mol. The third-order valence-corrected chi connectivity index (χ3v) is 3.68. The van der Waals surface area contributed by atoms with Gasteiger partial charge in [0.25, 0.3) is 5.91 Å². The smallest absolute Gasteiger partial charge is 0.266 e. The van der Waals surface area contributed by atoms with E-state index in [-0.39, 0.29) is 5.91 Å². The van der Waals surface area contributed by atoms with E-state index in [2.05, 4.69) is 17.5 Å². The molecule has 1 amide bonds. The fourth-order valence-corrected chi connectivity index (χ4v) is 2.57. The summed E-state index contributed by atoms with van der Waals surface area (Å²) in [6, 6.07) is 3.68. The molecule has 4 heteroatoms. The number of carbonyl (C=O) groups excluding carboxylic acids is 1. The first kappa shape index (κ1) is 11.3. The van der Waals surface area contributed by atoms with E-state index >= 15 is 0 Å². The summed E-state index contributed by atoms with van der Waals surface area (Å²) < 4.78 is 0. The van der Waals surface area contributed by atoms with Gasteiger partial charge in [-0.1, -0.05) is 13.0 Å². The lowest BCUT2D eigenvalue weighted by atomic mass is 9.89. The second-order valence-electron chi connectivity index (χ2n) is 4.30. The molecule has 1 unspecified atom stereocenters. The maximum absolute atomic E-state index is 11.6. The zero-order valence-electron chi connectivity index (χ0n) is 9.40. The van der Waals surface area contributed by atoms with Crippen molar-refractivity contribution < 1.29 is 4.79 Å². The Morgan fingerprint density at radius 1 is 1.62 bits per heavy atom. The Kier molecular flexibility index (Phi) is 3.72. The first-order chi connectivity index (χ1) is 7.75. The van der Waals surface area contributed by atoms with Crippen molar-refractivity contribution in [3.8, 4) is 0 Å². The zero-order chi connectivity index (χ0) is 11.4. The van der Waals surface area contributed by atoms with Crippen LogP contribution in [0, 0.1) is 5.92 Å². The Morgan fingerprint density at radius 3 is 3.19 bits per heavy atom. The van der Waals surface area contributed by atoms with Crippen molar-refractivity contribution in [2.45, 2.75) is 32.6 Å². The van der Waals surface area contributed by atoms with Crippen LogP contribution in [0.4, 0.5) is 0 Å². The van der Waals surface area contributed by atoms with Gasteiger partial charge in [-0.3, -0.25) is 4.79 Å². The van der Waals surface area contributed by atoms with Crippen LogP contribution < -0.4 is 5.43 Å². The molecule has 0 bridgehead atoms. The number of thiophene rings is 1. The SMILES string of the molecule is CC1CCC/C(=N/NC(=O)c2cccs2)C1. The van der Waals surface area contributed by atoms with Crippen LogP contribution in [0.15, 0.2) is 22.6 Å². The van der Waals surface area contributed by atoms with Crippen molar-refractivity contribution in [1.82, 2.24) is 5.43 Å². The molecule has 1 aliphatic rings. The molecule has 1 aromatic rings. The Labute approximate surface area is 99.6 Å². The van der Waals surface area contributed by atoms with Gasteiger partial charge in [-0.25, -0.2) is 5.43 Å². The van der Waals surface area contributed by atoms with E-state index < -0.39 is 0 Å². The van der Waals surface area contributed by atoms with Crippen LogP contribution in [-0.2, 0) is 0 Å². The van der Waals surface area contributed by atoms with Gasteiger partial charge in [0.2, 0.25) is 0 Å². The summed E-state index contributed by atoms with van der Waals surface area (Å²) in [4.78, 5) is 12.3. The lowest BCUT2D eigenvalue weighted by Gasteiger charge is -2.18. The van der Waals surface area contributed by atoms with Crippen LogP contribution in [0.5, 0.6) is 0 Å². The normalized spacial score (nSPS) is 23.3. The molecule has 16 heavy (non-hydrogen) atoms. The summed E-state index contributed by atoms with van der Waals surface area (Å²) in [6.45, 7) is 2.23. The van der Waals surface area contributed by atoms with Gasteiger partial charge < -0.3 is 0 Å². The van der Waals surface area contributed by atoms with E-state index in [0.717, 1.165) is 18.6 Å². The Balaban J connectivity index is 1.91. The number of carbonyl (C=O) groups is 1. The summed E-state index contributed by atoms with van der Waals surface area (Å²) >= 11 is 1.44. The van der Waals surface area contributed by atoms with E-state index in [4.69, 9.17) is 0 Å². The molecule has 1 saturated carbocycles. The minimum Gasteiger partial charge on any atom is -0.266 e. The summed E-state index contributed by atoms with van der Waals surface area (Å²) in [5.41, 5.74) is 3.76. The van der Waals surface area contributed by atoms with E-state index in [9.17, 15) is 4.79 Å².